The Labute approximate surface area is 125 Å². The highest BCUT2D eigenvalue weighted by Gasteiger charge is 2.12. The molecule has 0 unspecified atom stereocenters. The molecule has 1 aliphatic rings. The second kappa shape index (κ2) is 6.98. The molecule has 0 aliphatic carbocycles. The van der Waals surface area contributed by atoms with Gasteiger partial charge >= 0.3 is 0 Å². The Morgan fingerprint density at radius 1 is 1.50 bits per heavy atom. The first kappa shape index (κ1) is 14.4. The number of hydrogen-bond acceptors (Lipinski definition) is 5. The fraction of sp³-hybridized carbons (Fsp3) is 0.154. The van der Waals surface area contributed by atoms with E-state index < -0.39 is 5.91 Å². The molecule has 5 nitrogen and oxygen atoms in total. The molecule has 0 bridgehead atoms. The molecule has 1 aromatic carbocycles. The van der Waals surface area contributed by atoms with E-state index in [-0.39, 0.29) is 5.57 Å². The summed E-state index contributed by atoms with van der Waals surface area (Å²) in [6, 6.07) is 8.68. The highest BCUT2D eigenvalue weighted by atomic mass is 35.5. The van der Waals surface area contributed by atoms with Crippen molar-refractivity contribution in [3.05, 3.63) is 41.1 Å². The zero-order chi connectivity index (χ0) is 14.4. The first-order valence-corrected chi connectivity index (χ1v) is 7.17. The standard InChI is InChI=1S/C13H11ClN4OS/c14-10-3-1-2-4-11(10)18-12(19)9(7-15)8-17-13-16-5-6-20-13/h1-4,8H,5-6H2,(H,16,17)(H,18,19)/b9-8-. The van der Waals surface area contributed by atoms with Gasteiger partial charge in [0.05, 0.1) is 17.3 Å². The minimum Gasteiger partial charge on any atom is -0.340 e. The quantitative estimate of drug-likeness (QED) is 0.664. The van der Waals surface area contributed by atoms with Crippen molar-refractivity contribution in [3.8, 4) is 6.07 Å². The van der Waals surface area contributed by atoms with Crippen LogP contribution in [0.3, 0.4) is 0 Å². The van der Waals surface area contributed by atoms with E-state index in [1.807, 2.05) is 6.07 Å². The van der Waals surface area contributed by atoms with Crippen LogP contribution in [-0.4, -0.2) is 23.4 Å². The molecule has 102 valence electrons. The summed E-state index contributed by atoms with van der Waals surface area (Å²) in [7, 11) is 0. The van der Waals surface area contributed by atoms with Crippen LogP contribution in [0.25, 0.3) is 0 Å². The molecule has 2 N–H and O–H groups in total. The number of hydrogen-bond donors (Lipinski definition) is 2. The smallest absolute Gasteiger partial charge is 0.267 e. The molecule has 1 aliphatic heterocycles. The summed E-state index contributed by atoms with van der Waals surface area (Å²) in [4.78, 5) is 16.1. The van der Waals surface area contributed by atoms with Crippen molar-refractivity contribution < 1.29 is 4.79 Å². The highest BCUT2D eigenvalue weighted by molar-refractivity contribution is 8.14. The lowest BCUT2D eigenvalue weighted by molar-refractivity contribution is -0.112. The predicted octanol–water partition coefficient (Wildman–Crippen LogP) is 2.38. The number of amides is 1. The molecule has 2 rings (SSSR count). The molecule has 0 saturated carbocycles. The Hall–Kier alpha value is -1.97. The van der Waals surface area contributed by atoms with Crippen molar-refractivity contribution in [2.24, 2.45) is 4.99 Å². The van der Waals surface area contributed by atoms with Crippen LogP contribution >= 0.6 is 23.4 Å². The van der Waals surface area contributed by atoms with E-state index in [0.29, 0.717) is 15.9 Å². The third-order valence-electron chi connectivity index (χ3n) is 2.41. The predicted molar refractivity (Wildman–Crippen MR) is 81.7 cm³/mol. The van der Waals surface area contributed by atoms with Gasteiger partial charge in [0.1, 0.15) is 11.6 Å². The molecule has 1 aromatic rings. The summed E-state index contributed by atoms with van der Waals surface area (Å²) in [5, 5.41) is 15.6. The van der Waals surface area contributed by atoms with E-state index in [1.165, 1.54) is 6.20 Å². The van der Waals surface area contributed by atoms with Gasteiger partial charge in [-0.2, -0.15) is 5.26 Å². The van der Waals surface area contributed by atoms with Gasteiger partial charge in [-0.3, -0.25) is 9.79 Å². The lowest BCUT2D eigenvalue weighted by atomic mass is 10.2. The van der Waals surface area contributed by atoms with E-state index in [9.17, 15) is 4.79 Å². The molecule has 1 heterocycles. The first-order chi connectivity index (χ1) is 9.70. The number of nitrogens with zero attached hydrogens (tertiary/aromatic N) is 2. The summed E-state index contributed by atoms with van der Waals surface area (Å²) in [6.07, 6.45) is 1.35. The van der Waals surface area contributed by atoms with E-state index in [1.54, 1.807) is 36.0 Å². The number of amidine groups is 1. The van der Waals surface area contributed by atoms with Crippen LogP contribution < -0.4 is 10.6 Å². The minimum absolute atomic E-state index is 0.0416. The monoisotopic (exact) mass is 306 g/mol. The fourth-order valence-corrected chi connectivity index (χ4v) is 2.34. The molecule has 20 heavy (non-hydrogen) atoms. The second-order valence-corrected chi connectivity index (χ2v) is 5.27. The zero-order valence-corrected chi connectivity index (χ0v) is 12.0. The average Bonchev–Trinajstić information content (AvgIpc) is 2.95. The van der Waals surface area contributed by atoms with Crippen LogP contribution in [0.1, 0.15) is 0 Å². The molecule has 1 amide bonds. The van der Waals surface area contributed by atoms with Gasteiger partial charge in [0.25, 0.3) is 5.91 Å². The van der Waals surface area contributed by atoms with Crippen LogP contribution in [0, 0.1) is 11.3 Å². The number of rotatable bonds is 3. The Morgan fingerprint density at radius 2 is 2.30 bits per heavy atom. The fourth-order valence-electron chi connectivity index (χ4n) is 1.46. The van der Waals surface area contributed by atoms with Crippen LogP contribution in [0.4, 0.5) is 5.69 Å². The number of para-hydroxylation sites is 1. The van der Waals surface area contributed by atoms with Crippen LogP contribution in [-0.2, 0) is 4.79 Å². The van der Waals surface area contributed by atoms with Gasteiger partial charge in [0.15, 0.2) is 5.17 Å². The third kappa shape index (κ3) is 3.76. The van der Waals surface area contributed by atoms with E-state index >= 15 is 0 Å². The lowest BCUT2D eigenvalue weighted by Crippen LogP contribution is -2.18. The lowest BCUT2D eigenvalue weighted by Gasteiger charge is -2.06. The van der Waals surface area contributed by atoms with Gasteiger partial charge in [-0.15, -0.1) is 0 Å². The van der Waals surface area contributed by atoms with Crippen molar-refractivity contribution in [3.63, 3.8) is 0 Å². The minimum atomic E-state index is -0.517. The summed E-state index contributed by atoms with van der Waals surface area (Å²) < 4.78 is 0. The number of halogens is 1. The normalized spacial score (nSPS) is 14.4. The van der Waals surface area contributed by atoms with Crippen molar-refractivity contribution in [1.82, 2.24) is 5.32 Å². The Bertz CT molecular complexity index is 621. The molecule has 0 atom stereocenters. The number of nitriles is 1. The van der Waals surface area contributed by atoms with Crippen molar-refractivity contribution in [2.75, 3.05) is 17.6 Å². The van der Waals surface area contributed by atoms with Gasteiger partial charge in [-0.25, -0.2) is 0 Å². The summed E-state index contributed by atoms with van der Waals surface area (Å²) in [5.41, 5.74) is 0.424. The topological polar surface area (TPSA) is 77.3 Å². The number of carbonyl (C=O) groups is 1. The largest absolute Gasteiger partial charge is 0.340 e. The Morgan fingerprint density at radius 3 is 2.95 bits per heavy atom. The van der Waals surface area contributed by atoms with Crippen LogP contribution in [0.2, 0.25) is 5.02 Å². The van der Waals surface area contributed by atoms with Gasteiger partial charge in [-0.05, 0) is 12.1 Å². The number of carbonyl (C=O) groups excluding carboxylic acids is 1. The van der Waals surface area contributed by atoms with Crippen LogP contribution in [0.5, 0.6) is 0 Å². The maximum atomic E-state index is 12.0. The zero-order valence-electron chi connectivity index (χ0n) is 10.4. The summed E-state index contributed by atoms with van der Waals surface area (Å²) >= 11 is 7.49. The Balaban J connectivity index is 2.04. The molecular formula is C13H11ClN4OS. The number of thioether (sulfide) groups is 1. The maximum absolute atomic E-state index is 12.0. The average molecular weight is 307 g/mol. The van der Waals surface area contributed by atoms with Gasteiger partial charge in [0, 0.05) is 12.0 Å². The molecule has 0 aromatic heterocycles. The first-order valence-electron chi connectivity index (χ1n) is 5.80. The number of aliphatic imine (C=N–C) groups is 1. The van der Waals surface area contributed by atoms with E-state index in [0.717, 1.165) is 12.3 Å². The molecule has 0 radical (unpaired) electrons. The molecular weight excluding hydrogens is 296 g/mol. The van der Waals surface area contributed by atoms with E-state index in [4.69, 9.17) is 16.9 Å². The van der Waals surface area contributed by atoms with Crippen molar-refractivity contribution in [1.29, 1.82) is 5.26 Å². The second-order valence-electron chi connectivity index (χ2n) is 3.78. The maximum Gasteiger partial charge on any atom is 0.267 e. The Kier molecular flexibility index (Phi) is 5.04. The molecule has 0 saturated heterocycles. The number of nitrogens with one attached hydrogen (secondary N) is 2. The van der Waals surface area contributed by atoms with Gasteiger partial charge < -0.3 is 10.6 Å². The molecule has 0 spiro atoms. The van der Waals surface area contributed by atoms with Gasteiger partial charge in [-0.1, -0.05) is 35.5 Å². The highest BCUT2D eigenvalue weighted by Crippen LogP contribution is 2.20. The summed E-state index contributed by atoms with van der Waals surface area (Å²) in [6.45, 7) is 0.745. The summed E-state index contributed by atoms with van der Waals surface area (Å²) in [5.74, 6) is 0.390. The number of anilines is 1. The van der Waals surface area contributed by atoms with Gasteiger partial charge in [0.2, 0.25) is 0 Å². The molecule has 7 heteroatoms. The SMILES string of the molecule is N#C/C(=C/NC1=NCCS1)C(=O)Nc1ccccc1Cl. The number of benzene rings is 1. The van der Waals surface area contributed by atoms with Crippen molar-refractivity contribution >= 4 is 40.1 Å². The van der Waals surface area contributed by atoms with Crippen molar-refractivity contribution in [2.45, 2.75) is 0 Å². The van der Waals surface area contributed by atoms with Crippen LogP contribution in [0.15, 0.2) is 41.0 Å². The van der Waals surface area contributed by atoms with E-state index in [2.05, 4.69) is 15.6 Å². The molecule has 0 fully saturated rings. The third-order valence-corrected chi connectivity index (χ3v) is 3.65.